The summed E-state index contributed by atoms with van der Waals surface area (Å²) < 4.78 is 16.9. The predicted octanol–water partition coefficient (Wildman–Crippen LogP) is 6.13. The quantitative estimate of drug-likeness (QED) is 0.300. The molecule has 188 valence electrons. The zero-order valence-electron chi connectivity index (χ0n) is 19.9. The molecule has 4 rings (SSSR count). The number of aliphatic imine (C=N–C) groups is 1. The summed E-state index contributed by atoms with van der Waals surface area (Å²) in [5.74, 6) is 1.13. The first-order valence-corrected chi connectivity index (χ1v) is 12.7. The number of nitrogens with zero attached hydrogens (tertiary/aromatic N) is 3. The Morgan fingerprint density at radius 2 is 1.86 bits per heavy atom. The van der Waals surface area contributed by atoms with Crippen LogP contribution in [0.15, 0.2) is 52.1 Å². The summed E-state index contributed by atoms with van der Waals surface area (Å²) in [7, 11) is 1.49. The number of hydrogen-bond donors (Lipinski definition) is 1. The van der Waals surface area contributed by atoms with E-state index in [4.69, 9.17) is 42.8 Å². The highest BCUT2D eigenvalue weighted by Gasteiger charge is 2.35. The first kappa shape index (κ1) is 26.1. The highest BCUT2D eigenvalue weighted by Crippen LogP contribution is 2.38. The van der Waals surface area contributed by atoms with Crippen molar-refractivity contribution in [2.24, 2.45) is 16.0 Å². The number of para-hydroxylation sites is 1. The molecule has 0 unspecified atom stereocenters. The SMILES string of the molecule is COc1cc(/C=C2/C(=N)N3N=C(CC(C)C)SC3=NC2=O)cc(Cl)c1OCCOc1ccccc1Cl. The average molecular weight is 547 g/mol. The molecule has 2 aromatic carbocycles. The zero-order valence-corrected chi connectivity index (χ0v) is 22.2. The van der Waals surface area contributed by atoms with Crippen molar-refractivity contribution < 1.29 is 19.0 Å². The van der Waals surface area contributed by atoms with Crippen LogP contribution in [0.3, 0.4) is 0 Å². The number of carbonyl (C=O) groups is 1. The van der Waals surface area contributed by atoms with E-state index in [1.165, 1.54) is 23.9 Å². The van der Waals surface area contributed by atoms with Crippen LogP contribution in [-0.4, -0.2) is 47.3 Å². The molecule has 11 heteroatoms. The van der Waals surface area contributed by atoms with Gasteiger partial charge in [-0.2, -0.15) is 15.1 Å². The summed E-state index contributed by atoms with van der Waals surface area (Å²) in [6.45, 7) is 4.61. The van der Waals surface area contributed by atoms with E-state index in [2.05, 4.69) is 23.9 Å². The van der Waals surface area contributed by atoms with Crippen molar-refractivity contribution >= 4 is 63.0 Å². The Kier molecular flexibility index (Phi) is 8.23. The fourth-order valence-corrected chi connectivity index (χ4v) is 5.01. The second kappa shape index (κ2) is 11.4. The fourth-order valence-electron chi connectivity index (χ4n) is 3.45. The summed E-state index contributed by atoms with van der Waals surface area (Å²) in [4.78, 5) is 16.8. The van der Waals surface area contributed by atoms with E-state index in [0.717, 1.165) is 11.5 Å². The predicted molar refractivity (Wildman–Crippen MR) is 145 cm³/mol. The third kappa shape index (κ3) is 5.86. The molecule has 0 saturated heterocycles. The van der Waals surface area contributed by atoms with E-state index in [-0.39, 0.29) is 29.6 Å². The van der Waals surface area contributed by atoms with Crippen LogP contribution in [-0.2, 0) is 4.79 Å². The van der Waals surface area contributed by atoms with Crippen molar-refractivity contribution in [3.8, 4) is 17.2 Å². The molecule has 0 bridgehead atoms. The topological polar surface area (TPSA) is 96.6 Å². The lowest BCUT2D eigenvalue weighted by molar-refractivity contribution is -0.114. The maximum absolute atomic E-state index is 12.7. The van der Waals surface area contributed by atoms with E-state index in [1.54, 1.807) is 30.3 Å². The second-order valence-corrected chi connectivity index (χ2v) is 10.1. The fraction of sp³-hybridized carbons (Fsp3) is 0.280. The Labute approximate surface area is 223 Å². The molecule has 2 heterocycles. The number of hydrogen-bond acceptors (Lipinski definition) is 7. The minimum Gasteiger partial charge on any atom is -0.493 e. The van der Waals surface area contributed by atoms with Gasteiger partial charge in [0.25, 0.3) is 5.91 Å². The molecule has 36 heavy (non-hydrogen) atoms. The average Bonchev–Trinajstić information content (AvgIpc) is 3.22. The normalized spacial score (nSPS) is 16.3. The van der Waals surface area contributed by atoms with Gasteiger partial charge in [-0.15, -0.1) is 0 Å². The van der Waals surface area contributed by atoms with Crippen molar-refractivity contribution in [3.05, 3.63) is 57.6 Å². The van der Waals surface area contributed by atoms with Crippen molar-refractivity contribution in [1.29, 1.82) is 5.41 Å². The number of benzene rings is 2. The van der Waals surface area contributed by atoms with E-state index < -0.39 is 5.91 Å². The van der Waals surface area contributed by atoms with Gasteiger partial charge < -0.3 is 14.2 Å². The molecule has 1 amide bonds. The third-order valence-electron chi connectivity index (χ3n) is 5.07. The van der Waals surface area contributed by atoms with Gasteiger partial charge in [0.2, 0.25) is 5.17 Å². The van der Waals surface area contributed by atoms with Crippen LogP contribution in [0, 0.1) is 11.3 Å². The van der Waals surface area contributed by atoms with E-state index in [1.807, 2.05) is 12.1 Å². The van der Waals surface area contributed by atoms with Gasteiger partial charge in [-0.1, -0.05) is 49.2 Å². The minimum absolute atomic E-state index is 0.0385. The van der Waals surface area contributed by atoms with Gasteiger partial charge in [0, 0.05) is 6.42 Å². The van der Waals surface area contributed by atoms with Crippen LogP contribution in [0.2, 0.25) is 10.0 Å². The molecule has 2 aliphatic rings. The summed E-state index contributed by atoms with van der Waals surface area (Å²) in [6.07, 6.45) is 2.29. The smallest absolute Gasteiger partial charge is 0.283 e. The summed E-state index contributed by atoms with van der Waals surface area (Å²) >= 11 is 13.9. The van der Waals surface area contributed by atoms with Gasteiger partial charge in [-0.25, -0.2) is 0 Å². The maximum Gasteiger partial charge on any atom is 0.283 e. The van der Waals surface area contributed by atoms with Gasteiger partial charge in [0.1, 0.15) is 24.0 Å². The molecule has 0 radical (unpaired) electrons. The van der Waals surface area contributed by atoms with Crippen molar-refractivity contribution in [3.63, 3.8) is 0 Å². The molecular weight excluding hydrogens is 523 g/mol. The van der Waals surface area contributed by atoms with Gasteiger partial charge in [-0.3, -0.25) is 10.2 Å². The minimum atomic E-state index is -0.508. The number of amides is 1. The molecule has 8 nitrogen and oxygen atoms in total. The largest absolute Gasteiger partial charge is 0.493 e. The Hall–Kier alpha value is -3.01. The molecule has 2 aliphatic heterocycles. The zero-order chi connectivity index (χ0) is 25.8. The van der Waals surface area contributed by atoms with Crippen molar-refractivity contribution in [1.82, 2.24) is 5.01 Å². The summed E-state index contributed by atoms with van der Waals surface area (Å²) in [5, 5.41) is 16.4. The Morgan fingerprint density at radius 1 is 1.11 bits per heavy atom. The number of halogens is 2. The number of methoxy groups -OCH3 is 1. The molecule has 1 N–H and O–H groups in total. The molecule has 0 fully saturated rings. The number of fused-ring (bicyclic) bond motifs is 1. The van der Waals surface area contributed by atoms with Crippen LogP contribution in [0.25, 0.3) is 6.08 Å². The number of hydrazone groups is 1. The first-order valence-electron chi connectivity index (χ1n) is 11.1. The van der Waals surface area contributed by atoms with Crippen LogP contribution >= 0.6 is 35.0 Å². The number of rotatable bonds is 9. The Balaban J connectivity index is 1.49. The molecule has 0 atom stereocenters. The van der Waals surface area contributed by atoms with E-state index in [9.17, 15) is 4.79 Å². The molecule has 0 spiro atoms. The Bertz CT molecular complexity index is 1290. The van der Waals surface area contributed by atoms with E-state index in [0.29, 0.717) is 38.9 Å². The number of amidine groups is 2. The number of ether oxygens (including phenoxy) is 3. The third-order valence-corrected chi connectivity index (χ3v) is 6.59. The first-order chi connectivity index (χ1) is 17.3. The summed E-state index contributed by atoms with van der Waals surface area (Å²) in [6, 6.07) is 10.5. The molecule has 0 saturated carbocycles. The molecular formula is C25H24Cl2N4O4S. The number of carbonyl (C=O) groups excluding carboxylic acids is 1. The lowest BCUT2D eigenvalue weighted by atomic mass is 10.1. The lowest BCUT2D eigenvalue weighted by Crippen LogP contribution is -2.35. The highest BCUT2D eigenvalue weighted by atomic mass is 35.5. The van der Waals surface area contributed by atoms with Gasteiger partial charge in [0.05, 0.1) is 22.7 Å². The van der Waals surface area contributed by atoms with E-state index >= 15 is 0 Å². The summed E-state index contributed by atoms with van der Waals surface area (Å²) in [5.41, 5.74) is 0.662. The van der Waals surface area contributed by atoms with Crippen LogP contribution < -0.4 is 14.2 Å². The monoisotopic (exact) mass is 546 g/mol. The second-order valence-electron chi connectivity index (χ2n) is 8.27. The van der Waals surface area contributed by atoms with Crippen LogP contribution in [0.1, 0.15) is 25.8 Å². The number of nitrogens with one attached hydrogen (secondary N) is 1. The molecule has 2 aromatic rings. The van der Waals surface area contributed by atoms with Gasteiger partial charge >= 0.3 is 0 Å². The Morgan fingerprint density at radius 3 is 2.58 bits per heavy atom. The lowest BCUT2D eigenvalue weighted by Gasteiger charge is -2.20. The number of thioether (sulfide) groups is 1. The van der Waals surface area contributed by atoms with Gasteiger partial charge in [0.15, 0.2) is 17.3 Å². The molecule has 0 aromatic heterocycles. The van der Waals surface area contributed by atoms with Crippen LogP contribution in [0.5, 0.6) is 17.2 Å². The standard InChI is InChI=1S/C25H24Cl2N4O4S/c1-14(2)10-21-30-31-23(28)16(24(32)29-25(31)36-21)11-15-12-18(27)22(20(13-15)33-3)35-9-8-34-19-7-5-4-6-17(19)26/h4-7,11-14,28H,8-10H2,1-3H3/b16-11-,28-23?. The van der Waals surface area contributed by atoms with Crippen molar-refractivity contribution in [2.75, 3.05) is 20.3 Å². The van der Waals surface area contributed by atoms with Crippen molar-refractivity contribution in [2.45, 2.75) is 20.3 Å². The molecule has 0 aliphatic carbocycles. The van der Waals surface area contributed by atoms with Crippen LogP contribution in [0.4, 0.5) is 0 Å². The maximum atomic E-state index is 12.7. The van der Waals surface area contributed by atoms with Gasteiger partial charge in [-0.05, 0) is 53.6 Å². The highest BCUT2D eigenvalue weighted by molar-refractivity contribution is 8.26.